The Kier molecular flexibility index (Phi) is 4.06. The monoisotopic (exact) mass is 297 g/mol. The zero-order valence-electron chi connectivity index (χ0n) is 12.6. The van der Waals surface area contributed by atoms with Crippen molar-refractivity contribution in [3.63, 3.8) is 0 Å². The smallest absolute Gasteiger partial charge is 0.238 e. The van der Waals surface area contributed by atoms with Gasteiger partial charge in [-0.25, -0.2) is 10.8 Å². The van der Waals surface area contributed by atoms with Gasteiger partial charge in [0.15, 0.2) is 0 Å². The van der Waals surface area contributed by atoms with Gasteiger partial charge in [0.25, 0.3) is 0 Å². The highest BCUT2D eigenvalue weighted by molar-refractivity contribution is 5.83. The molecule has 1 heterocycles. The van der Waals surface area contributed by atoms with Crippen molar-refractivity contribution in [1.82, 2.24) is 10.4 Å². The zero-order chi connectivity index (χ0) is 15.5. The number of hydrogen-bond donors (Lipinski definition) is 2. The normalized spacial score (nSPS) is 12.8. The minimum absolute atomic E-state index is 0.178. The number of pyridine rings is 1. The van der Waals surface area contributed by atoms with Crippen LogP contribution in [-0.4, -0.2) is 18.0 Å². The number of aryl methyl sites for hydroxylation is 1. The summed E-state index contributed by atoms with van der Waals surface area (Å²) >= 11 is 0. The molecule has 0 radical (unpaired) electrons. The summed E-state index contributed by atoms with van der Waals surface area (Å²) in [5.74, 6) is 5.65. The van der Waals surface area contributed by atoms with E-state index >= 15 is 0 Å². The molecule has 22 heavy (non-hydrogen) atoms. The van der Waals surface area contributed by atoms with Crippen LogP contribution in [0.4, 0.5) is 0 Å². The number of ether oxygens (including phenoxy) is 1. The van der Waals surface area contributed by atoms with Crippen molar-refractivity contribution < 1.29 is 9.53 Å². The highest BCUT2D eigenvalue weighted by Crippen LogP contribution is 2.34. The standard InChI is InChI=1S/C17H19N3O2/c1-22-17-9-12(7-8-19-17)14-6-5-11-3-2-4-13(11)15(14)10-16(21)20-18/h5-9H,2-4,10,18H2,1H3,(H,20,21). The van der Waals surface area contributed by atoms with E-state index in [2.05, 4.69) is 22.5 Å². The molecule has 0 spiro atoms. The number of hydrogen-bond acceptors (Lipinski definition) is 4. The van der Waals surface area contributed by atoms with E-state index in [0.717, 1.165) is 36.0 Å². The van der Waals surface area contributed by atoms with Crippen molar-refractivity contribution in [2.45, 2.75) is 25.7 Å². The number of hydrazine groups is 1. The predicted octanol–water partition coefficient (Wildman–Crippen LogP) is 1.78. The first kappa shape index (κ1) is 14.5. The van der Waals surface area contributed by atoms with Crippen LogP contribution < -0.4 is 16.0 Å². The summed E-state index contributed by atoms with van der Waals surface area (Å²) in [4.78, 5) is 16.0. The number of carbonyl (C=O) groups excluding carboxylic acids is 1. The second-order valence-electron chi connectivity index (χ2n) is 5.41. The topological polar surface area (TPSA) is 77.2 Å². The van der Waals surface area contributed by atoms with Gasteiger partial charge < -0.3 is 4.74 Å². The number of nitrogens with one attached hydrogen (secondary N) is 1. The molecule has 5 heteroatoms. The molecule has 0 unspecified atom stereocenters. The van der Waals surface area contributed by atoms with Crippen LogP contribution in [-0.2, 0) is 24.1 Å². The van der Waals surface area contributed by atoms with Crippen LogP contribution in [0.5, 0.6) is 5.88 Å². The summed E-state index contributed by atoms with van der Waals surface area (Å²) in [6, 6.07) is 8.07. The average molecular weight is 297 g/mol. The van der Waals surface area contributed by atoms with Gasteiger partial charge in [0.2, 0.25) is 11.8 Å². The lowest BCUT2D eigenvalue weighted by Gasteiger charge is -2.15. The lowest BCUT2D eigenvalue weighted by atomic mass is 9.91. The fourth-order valence-electron chi connectivity index (χ4n) is 3.12. The minimum atomic E-state index is -0.178. The molecular weight excluding hydrogens is 278 g/mol. The summed E-state index contributed by atoms with van der Waals surface area (Å²) in [6.07, 6.45) is 5.23. The summed E-state index contributed by atoms with van der Waals surface area (Å²) in [5, 5.41) is 0. The fraction of sp³-hybridized carbons (Fsp3) is 0.294. The Hall–Kier alpha value is -2.40. The Bertz CT molecular complexity index is 713. The first-order valence-corrected chi connectivity index (χ1v) is 7.36. The van der Waals surface area contributed by atoms with Crippen LogP contribution in [0, 0.1) is 0 Å². The molecule has 114 valence electrons. The van der Waals surface area contributed by atoms with E-state index in [0.29, 0.717) is 12.3 Å². The summed E-state index contributed by atoms with van der Waals surface area (Å²) in [7, 11) is 1.59. The molecule has 1 aliphatic carbocycles. The summed E-state index contributed by atoms with van der Waals surface area (Å²) < 4.78 is 5.20. The molecule has 0 bridgehead atoms. The maximum atomic E-state index is 11.8. The molecule has 1 aromatic carbocycles. The van der Waals surface area contributed by atoms with Gasteiger partial charge in [0.1, 0.15) is 0 Å². The number of nitrogens with zero attached hydrogens (tertiary/aromatic N) is 1. The number of carbonyl (C=O) groups is 1. The number of rotatable bonds is 4. The number of benzene rings is 1. The molecule has 1 aliphatic rings. The molecule has 0 fully saturated rings. The van der Waals surface area contributed by atoms with Crippen LogP contribution in [0.15, 0.2) is 30.5 Å². The van der Waals surface area contributed by atoms with Crippen LogP contribution >= 0.6 is 0 Å². The van der Waals surface area contributed by atoms with Gasteiger partial charge in [-0.15, -0.1) is 0 Å². The number of nitrogens with two attached hydrogens (primary N) is 1. The lowest BCUT2D eigenvalue weighted by Crippen LogP contribution is -2.31. The van der Waals surface area contributed by atoms with E-state index in [1.54, 1.807) is 13.3 Å². The maximum Gasteiger partial charge on any atom is 0.238 e. The molecule has 2 aromatic rings. The van der Waals surface area contributed by atoms with Gasteiger partial charge in [-0.1, -0.05) is 12.1 Å². The molecular formula is C17H19N3O2. The fourth-order valence-corrected chi connectivity index (χ4v) is 3.12. The second kappa shape index (κ2) is 6.15. The van der Waals surface area contributed by atoms with Gasteiger partial charge in [-0.2, -0.15) is 0 Å². The molecule has 0 saturated heterocycles. The molecule has 0 saturated carbocycles. The lowest BCUT2D eigenvalue weighted by molar-refractivity contribution is -0.120. The molecule has 3 rings (SSSR count). The molecule has 0 aliphatic heterocycles. The van der Waals surface area contributed by atoms with E-state index in [9.17, 15) is 4.79 Å². The Morgan fingerprint density at radius 2 is 2.23 bits per heavy atom. The Balaban J connectivity index is 2.12. The van der Waals surface area contributed by atoms with Crippen LogP contribution in [0.3, 0.4) is 0 Å². The van der Waals surface area contributed by atoms with Gasteiger partial charge in [0.05, 0.1) is 13.5 Å². The number of fused-ring (bicyclic) bond motifs is 1. The van der Waals surface area contributed by atoms with E-state index in [1.807, 2.05) is 12.1 Å². The van der Waals surface area contributed by atoms with E-state index in [4.69, 9.17) is 10.6 Å². The van der Waals surface area contributed by atoms with E-state index in [-0.39, 0.29) is 5.91 Å². The van der Waals surface area contributed by atoms with Gasteiger partial charge in [-0.3, -0.25) is 10.2 Å². The summed E-state index contributed by atoms with van der Waals surface area (Å²) in [6.45, 7) is 0. The first-order chi connectivity index (χ1) is 10.7. The molecule has 1 amide bonds. The Morgan fingerprint density at radius 1 is 1.36 bits per heavy atom. The molecule has 5 nitrogen and oxygen atoms in total. The highest BCUT2D eigenvalue weighted by Gasteiger charge is 2.20. The average Bonchev–Trinajstić information content (AvgIpc) is 3.04. The van der Waals surface area contributed by atoms with Crippen molar-refractivity contribution >= 4 is 5.91 Å². The van der Waals surface area contributed by atoms with Crippen molar-refractivity contribution in [1.29, 1.82) is 0 Å². The number of methoxy groups -OCH3 is 1. The quantitative estimate of drug-likeness (QED) is 0.512. The molecule has 1 aromatic heterocycles. The largest absolute Gasteiger partial charge is 0.481 e. The third kappa shape index (κ3) is 2.67. The van der Waals surface area contributed by atoms with Crippen LogP contribution in [0.25, 0.3) is 11.1 Å². The third-order valence-electron chi connectivity index (χ3n) is 4.15. The van der Waals surface area contributed by atoms with Gasteiger partial charge in [0, 0.05) is 12.3 Å². The van der Waals surface area contributed by atoms with Gasteiger partial charge in [-0.05, 0) is 53.1 Å². The van der Waals surface area contributed by atoms with Crippen molar-refractivity contribution in [3.8, 4) is 17.0 Å². The second-order valence-corrected chi connectivity index (χ2v) is 5.41. The number of amides is 1. The van der Waals surface area contributed by atoms with E-state index in [1.165, 1.54) is 11.1 Å². The zero-order valence-corrected chi connectivity index (χ0v) is 12.6. The van der Waals surface area contributed by atoms with Gasteiger partial charge >= 0.3 is 0 Å². The van der Waals surface area contributed by atoms with Crippen molar-refractivity contribution in [3.05, 3.63) is 47.2 Å². The van der Waals surface area contributed by atoms with Crippen molar-refractivity contribution in [2.24, 2.45) is 5.84 Å². The predicted molar refractivity (Wildman–Crippen MR) is 84.3 cm³/mol. The maximum absolute atomic E-state index is 11.8. The van der Waals surface area contributed by atoms with Crippen LogP contribution in [0.1, 0.15) is 23.1 Å². The third-order valence-corrected chi connectivity index (χ3v) is 4.15. The van der Waals surface area contributed by atoms with Crippen molar-refractivity contribution in [2.75, 3.05) is 7.11 Å². The minimum Gasteiger partial charge on any atom is -0.481 e. The molecule has 3 N–H and O–H groups in total. The Labute approximate surface area is 129 Å². The Morgan fingerprint density at radius 3 is 3.00 bits per heavy atom. The summed E-state index contributed by atoms with van der Waals surface area (Å²) in [5.41, 5.74) is 7.97. The number of aromatic nitrogens is 1. The SMILES string of the molecule is COc1cc(-c2ccc3c(c2CC(=O)NN)CCC3)ccn1. The highest BCUT2D eigenvalue weighted by atomic mass is 16.5. The molecule has 0 atom stereocenters. The van der Waals surface area contributed by atoms with E-state index < -0.39 is 0 Å². The first-order valence-electron chi connectivity index (χ1n) is 7.36. The van der Waals surface area contributed by atoms with Crippen LogP contribution in [0.2, 0.25) is 0 Å².